The van der Waals surface area contributed by atoms with Gasteiger partial charge in [-0.1, -0.05) is 18.2 Å². The van der Waals surface area contributed by atoms with Crippen molar-refractivity contribution in [2.75, 3.05) is 19.7 Å². The number of likely N-dealkylation sites (N-methyl/N-ethyl adjacent to an activating group) is 1. The normalized spacial score (nSPS) is 10.8. The lowest BCUT2D eigenvalue weighted by Gasteiger charge is -2.18. The first-order valence-electron chi connectivity index (χ1n) is 9.04. The van der Waals surface area contributed by atoms with Crippen LogP contribution in [0.5, 0.6) is 0 Å². The molecule has 0 unspecified atom stereocenters. The average Bonchev–Trinajstić information content (AvgIpc) is 3.02. The number of ether oxygens (including phenoxy) is 1. The summed E-state index contributed by atoms with van der Waals surface area (Å²) in [6.45, 7) is 6.64. The van der Waals surface area contributed by atoms with Crippen LogP contribution in [0.25, 0.3) is 16.7 Å². The van der Waals surface area contributed by atoms with Gasteiger partial charge >= 0.3 is 5.97 Å². The van der Waals surface area contributed by atoms with Gasteiger partial charge in [-0.25, -0.2) is 9.78 Å². The molecule has 3 rings (SSSR count). The maximum absolute atomic E-state index is 12.3. The Balaban J connectivity index is 1.81. The van der Waals surface area contributed by atoms with Crippen molar-refractivity contribution >= 4 is 22.9 Å². The highest BCUT2D eigenvalue weighted by Crippen LogP contribution is 2.22. The van der Waals surface area contributed by atoms with Crippen LogP contribution in [0, 0.1) is 6.92 Å². The highest BCUT2D eigenvalue weighted by atomic mass is 16.5. The van der Waals surface area contributed by atoms with Crippen molar-refractivity contribution in [1.82, 2.24) is 14.5 Å². The van der Waals surface area contributed by atoms with E-state index in [0.717, 1.165) is 17.0 Å². The number of carbonyl (C=O) groups excluding carboxylic acids is 2. The molecule has 0 N–H and O–H groups in total. The Bertz CT molecular complexity index is 959. The number of para-hydroxylation sites is 1. The van der Waals surface area contributed by atoms with Crippen LogP contribution in [0.4, 0.5) is 0 Å². The Labute approximate surface area is 158 Å². The number of hydrogen-bond acceptors (Lipinski definition) is 4. The van der Waals surface area contributed by atoms with Gasteiger partial charge in [0.05, 0.1) is 16.6 Å². The molecular formula is C21H23N3O3. The van der Waals surface area contributed by atoms with Gasteiger partial charge in [0, 0.05) is 18.8 Å². The van der Waals surface area contributed by atoms with E-state index in [1.807, 2.05) is 61.7 Å². The molecule has 1 aromatic heterocycles. The number of hydrogen-bond donors (Lipinski definition) is 0. The Kier molecular flexibility index (Phi) is 5.54. The van der Waals surface area contributed by atoms with E-state index < -0.39 is 5.97 Å². The fourth-order valence-electron chi connectivity index (χ4n) is 3.11. The highest BCUT2D eigenvalue weighted by molar-refractivity contribution is 5.95. The first kappa shape index (κ1) is 18.6. The van der Waals surface area contributed by atoms with E-state index in [1.54, 1.807) is 17.0 Å². The summed E-state index contributed by atoms with van der Waals surface area (Å²) in [4.78, 5) is 30.5. The number of carbonyl (C=O) groups is 2. The molecule has 0 atom stereocenters. The summed E-state index contributed by atoms with van der Waals surface area (Å²) in [7, 11) is 0. The zero-order chi connectivity index (χ0) is 19.4. The van der Waals surface area contributed by atoms with E-state index in [2.05, 4.69) is 4.98 Å². The van der Waals surface area contributed by atoms with Gasteiger partial charge in [-0.15, -0.1) is 0 Å². The quantitative estimate of drug-likeness (QED) is 0.629. The Morgan fingerprint density at radius 2 is 1.78 bits per heavy atom. The van der Waals surface area contributed by atoms with Crippen molar-refractivity contribution < 1.29 is 14.3 Å². The van der Waals surface area contributed by atoms with Crippen molar-refractivity contribution in [3.63, 3.8) is 0 Å². The molecule has 6 nitrogen and oxygen atoms in total. The summed E-state index contributed by atoms with van der Waals surface area (Å²) in [5, 5.41) is 0. The molecule has 27 heavy (non-hydrogen) atoms. The summed E-state index contributed by atoms with van der Waals surface area (Å²) >= 11 is 0. The Morgan fingerprint density at radius 1 is 1.07 bits per heavy atom. The molecule has 6 heteroatoms. The third kappa shape index (κ3) is 3.84. The summed E-state index contributed by atoms with van der Waals surface area (Å²) in [5.74, 6) is 0.112. The molecule has 1 heterocycles. The van der Waals surface area contributed by atoms with Crippen LogP contribution in [0.2, 0.25) is 0 Å². The lowest BCUT2D eigenvalue weighted by Crippen LogP contribution is -2.34. The molecule has 0 bridgehead atoms. The second kappa shape index (κ2) is 8.03. The Morgan fingerprint density at radius 3 is 2.44 bits per heavy atom. The van der Waals surface area contributed by atoms with Gasteiger partial charge < -0.3 is 9.64 Å². The van der Waals surface area contributed by atoms with Gasteiger partial charge in [-0.05, 0) is 51.1 Å². The molecule has 0 fully saturated rings. The van der Waals surface area contributed by atoms with Crippen molar-refractivity contribution in [3.05, 3.63) is 59.9 Å². The number of aromatic nitrogens is 2. The third-order valence-electron chi connectivity index (χ3n) is 4.52. The van der Waals surface area contributed by atoms with Crippen LogP contribution in [0.1, 0.15) is 30.0 Å². The summed E-state index contributed by atoms with van der Waals surface area (Å²) < 4.78 is 7.22. The largest absolute Gasteiger partial charge is 0.452 e. The minimum absolute atomic E-state index is 0.196. The molecule has 140 valence electrons. The van der Waals surface area contributed by atoms with Crippen molar-refractivity contribution in [2.45, 2.75) is 20.8 Å². The molecule has 2 aromatic carbocycles. The minimum atomic E-state index is -0.524. The van der Waals surface area contributed by atoms with Gasteiger partial charge in [-0.2, -0.15) is 0 Å². The molecule has 0 radical (unpaired) electrons. The van der Waals surface area contributed by atoms with E-state index in [9.17, 15) is 9.59 Å². The predicted molar refractivity (Wildman–Crippen MR) is 104 cm³/mol. The molecule has 0 spiro atoms. The average molecular weight is 365 g/mol. The first-order chi connectivity index (χ1) is 13.0. The van der Waals surface area contributed by atoms with Crippen LogP contribution in [-0.2, 0) is 9.53 Å². The van der Waals surface area contributed by atoms with Gasteiger partial charge in [0.15, 0.2) is 6.61 Å². The van der Waals surface area contributed by atoms with E-state index in [1.165, 1.54) is 0 Å². The maximum atomic E-state index is 12.3. The summed E-state index contributed by atoms with van der Waals surface area (Å²) in [5.41, 5.74) is 3.01. The Hall–Kier alpha value is -3.15. The van der Waals surface area contributed by atoms with Crippen LogP contribution in [-0.4, -0.2) is 46.0 Å². The maximum Gasteiger partial charge on any atom is 0.338 e. The highest BCUT2D eigenvalue weighted by Gasteiger charge is 2.16. The zero-order valence-corrected chi connectivity index (χ0v) is 15.8. The van der Waals surface area contributed by atoms with Crippen LogP contribution in [0.3, 0.4) is 0 Å². The molecule has 0 aliphatic carbocycles. The fourth-order valence-corrected chi connectivity index (χ4v) is 3.11. The topological polar surface area (TPSA) is 64.4 Å². The second-order valence-corrected chi connectivity index (χ2v) is 6.18. The molecule has 3 aromatic rings. The number of rotatable bonds is 6. The number of amides is 1. The number of benzene rings is 2. The van der Waals surface area contributed by atoms with Gasteiger partial charge in [0.2, 0.25) is 0 Å². The van der Waals surface area contributed by atoms with Crippen molar-refractivity contribution in [3.8, 4) is 5.69 Å². The lowest BCUT2D eigenvalue weighted by molar-refractivity contribution is -0.134. The molecule has 0 aliphatic heterocycles. The third-order valence-corrected chi connectivity index (χ3v) is 4.52. The fraction of sp³-hybridized carbons (Fsp3) is 0.286. The van der Waals surface area contributed by atoms with Gasteiger partial charge in [0.25, 0.3) is 5.91 Å². The molecule has 0 saturated heterocycles. The first-order valence-corrected chi connectivity index (χ1v) is 9.04. The minimum Gasteiger partial charge on any atom is -0.452 e. The molecule has 0 aliphatic rings. The van der Waals surface area contributed by atoms with Crippen molar-refractivity contribution in [2.24, 2.45) is 0 Å². The number of imidazole rings is 1. The smallest absolute Gasteiger partial charge is 0.338 e. The van der Waals surface area contributed by atoms with Crippen LogP contribution in [0.15, 0.2) is 48.5 Å². The lowest BCUT2D eigenvalue weighted by atomic mass is 10.2. The number of nitrogens with zero attached hydrogens (tertiary/aromatic N) is 3. The zero-order valence-electron chi connectivity index (χ0n) is 15.8. The van der Waals surface area contributed by atoms with Gasteiger partial charge in [0.1, 0.15) is 5.82 Å². The summed E-state index contributed by atoms with van der Waals surface area (Å²) in [6, 6.07) is 15.2. The van der Waals surface area contributed by atoms with Gasteiger partial charge in [-0.3, -0.25) is 9.36 Å². The number of fused-ring (bicyclic) bond motifs is 1. The monoisotopic (exact) mass is 365 g/mol. The molecule has 0 saturated carbocycles. The predicted octanol–water partition coefficient (Wildman–Crippen LogP) is 3.36. The van der Waals surface area contributed by atoms with E-state index >= 15 is 0 Å². The molecule has 1 amide bonds. The second-order valence-electron chi connectivity index (χ2n) is 6.18. The SMILES string of the molecule is CCN(CC)C(=O)COC(=O)c1ccc2c(c1)nc(C)n2-c1ccccc1. The standard InChI is InChI=1S/C21H23N3O3/c1-4-23(5-2)20(25)14-27-21(26)16-11-12-19-18(13-16)22-15(3)24(19)17-9-7-6-8-10-17/h6-13H,4-5,14H2,1-3H3. The number of aryl methyl sites for hydroxylation is 1. The summed E-state index contributed by atoms with van der Waals surface area (Å²) in [6.07, 6.45) is 0. The van der Waals surface area contributed by atoms with E-state index in [0.29, 0.717) is 24.2 Å². The molecular weight excluding hydrogens is 342 g/mol. The van der Waals surface area contributed by atoms with E-state index in [4.69, 9.17) is 4.74 Å². The van der Waals surface area contributed by atoms with Crippen LogP contribution < -0.4 is 0 Å². The van der Waals surface area contributed by atoms with E-state index in [-0.39, 0.29) is 12.5 Å². The van der Waals surface area contributed by atoms with Crippen LogP contribution >= 0.6 is 0 Å². The van der Waals surface area contributed by atoms with Crippen molar-refractivity contribution in [1.29, 1.82) is 0 Å². The number of esters is 1.